The molecule has 2 aromatic carbocycles. The van der Waals surface area contributed by atoms with Gasteiger partial charge in [0.15, 0.2) is 0 Å². The number of carbonyl (C=O) groups is 1. The van der Waals surface area contributed by atoms with E-state index in [0.29, 0.717) is 13.0 Å². The zero-order chi connectivity index (χ0) is 15.9. The molecule has 0 aromatic heterocycles. The van der Waals surface area contributed by atoms with Crippen LogP contribution in [0, 0.1) is 6.92 Å². The van der Waals surface area contributed by atoms with Crippen molar-refractivity contribution >= 4 is 33.2 Å². The van der Waals surface area contributed by atoms with E-state index in [1.54, 1.807) is 7.11 Å². The third kappa shape index (κ3) is 4.77. The highest BCUT2D eigenvalue weighted by Gasteiger charge is 2.05. The van der Waals surface area contributed by atoms with Gasteiger partial charge in [0.25, 0.3) is 0 Å². The van der Waals surface area contributed by atoms with Crippen LogP contribution in [0.15, 0.2) is 46.9 Å². The lowest BCUT2D eigenvalue weighted by molar-refractivity contribution is -0.115. The van der Waals surface area contributed by atoms with Crippen molar-refractivity contribution in [2.24, 2.45) is 0 Å². The van der Waals surface area contributed by atoms with Crippen molar-refractivity contribution in [3.63, 3.8) is 0 Å². The van der Waals surface area contributed by atoms with Crippen molar-refractivity contribution < 1.29 is 9.53 Å². The number of halogens is 1. The van der Waals surface area contributed by atoms with Crippen molar-refractivity contribution in [1.82, 2.24) is 0 Å². The van der Waals surface area contributed by atoms with Crippen LogP contribution in [0.3, 0.4) is 0 Å². The maximum absolute atomic E-state index is 11.9. The van der Waals surface area contributed by atoms with E-state index in [2.05, 4.69) is 26.6 Å². The summed E-state index contributed by atoms with van der Waals surface area (Å²) in [5.74, 6) is 0.746. The number of aryl methyl sites for hydroxylation is 1. The fourth-order valence-corrected chi connectivity index (χ4v) is 2.46. The fraction of sp³-hybridized carbons (Fsp3) is 0.235. The number of rotatable bonds is 6. The molecule has 4 nitrogen and oxygen atoms in total. The number of amides is 1. The third-order valence-corrected chi connectivity index (χ3v) is 3.62. The van der Waals surface area contributed by atoms with Gasteiger partial charge in [0.2, 0.25) is 5.91 Å². The molecule has 2 rings (SSSR count). The predicted molar refractivity (Wildman–Crippen MR) is 93.6 cm³/mol. The van der Waals surface area contributed by atoms with Crippen LogP contribution in [0.4, 0.5) is 11.4 Å². The van der Waals surface area contributed by atoms with E-state index in [9.17, 15) is 4.79 Å². The zero-order valence-corrected chi connectivity index (χ0v) is 14.2. The summed E-state index contributed by atoms with van der Waals surface area (Å²) in [6.07, 6.45) is 0.379. The number of ether oxygens (including phenoxy) is 1. The number of carbonyl (C=O) groups excluding carboxylic acids is 1. The molecule has 2 aromatic rings. The number of hydrogen-bond acceptors (Lipinski definition) is 3. The van der Waals surface area contributed by atoms with Gasteiger partial charge in [-0.15, -0.1) is 0 Å². The fourth-order valence-electron chi connectivity index (χ4n) is 2.06. The standard InChI is InChI=1S/C17H19BrN2O2/c1-12-6-7-16(22-2)15(10-12)19-9-8-17(21)20-14-5-3-4-13(18)11-14/h3-7,10-11,19H,8-9H2,1-2H3,(H,20,21). The maximum atomic E-state index is 11.9. The zero-order valence-electron chi connectivity index (χ0n) is 12.7. The molecule has 22 heavy (non-hydrogen) atoms. The minimum atomic E-state index is -0.0304. The van der Waals surface area contributed by atoms with Gasteiger partial charge in [0.05, 0.1) is 12.8 Å². The molecule has 0 saturated carbocycles. The molecule has 0 aliphatic carbocycles. The van der Waals surface area contributed by atoms with E-state index in [-0.39, 0.29) is 5.91 Å². The number of hydrogen-bond donors (Lipinski definition) is 2. The van der Waals surface area contributed by atoms with Crippen molar-refractivity contribution in [2.75, 3.05) is 24.3 Å². The highest BCUT2D eigenvalue weighted by Crippen LogP contribution is 2.25. The molecule has 0 spiro atoms. The molecule has 2 N–H and O–H groups in total. The van der Waals surface area contributed by atoms with Crippen LogP contribution < -0.4 is 15.4 Å². The molecule has 0 heterocycles. The summed E-state index contributed by atoms with van der Waals surface area (Å²) in [4.78, 5) is 11.9. The molecule has 0 aliphatic heterocycles. The van der Waals surface area contributed by atoms with Gasteiger partial charge in [0.1, 0.15) is 5.75 Å². The Morgan fingerprint density at radius 3 is 2.77 bits per heavy atom. The topological polar surface area (TPSA) is 50.4 Å². The van der Waals surface area contributed by atoms with Crippen LogP contribution in [-0.4, -0.2) is 19.6 Å². The molecule has 116 valence electrons. The van der Waals surface area contributed by atoms with E-state index in [1.165, 1.54) is 0 Å². The van der Waals surface area contributed by atoms with Crippen molar-refractivity contribution in [2.45, 2.75) is 13.3 Å². The van der Waals surface area contributed by atoms with Crippen LogP contribution in [0.2, 0.25) is 0 Å². The minimum absolute atomic E-state index is 0.0304. The Kier molecular flexibility index (Phi) is 5.83. The van der Waals surface area contributed by atoms with Gasteiger partial charge < -0.3 is 15.4 Å². The highest BCUT2D eigenvalue weighted by atomic mass is 79.9. The molecule has 0 radical (unpaired) electrons. The Hall–Kier alpha value is -2.01. The monoisotopic (exact) mass is 362 g/mol. The largest absolute Gasteiger partial charge is 0.495 e. The summed E-state index contributed by atoms with van der Waals surface area (Å²) in [5.41, 5.74) is 2.83. The second-order valence-electron chi connectivity index (χ2n) is 4.94. The Bertz CT molecular complexity index is 659. The van der Waals surface area contributed by atoms with Crippen LogP contribution >= 0.6 is 15.9 Å². The van der Waals surface area contributed by atoms with Crippen molar-refractivity contribution in [3.05, 3.63) is 52.5 Å². The van der Waals surface area contributed by atoms with Gasteiger partial charge in [-0.25, -0.2) is 0 Å². The smallest absolute Gasteiger partial charge is 0.226 e. The lowest BCUT2D eigenvalue weighted by Gasteiger charge is -2.12. The molecule has 5 heteroatoms. The summed E-state index contributed by atoms with van der Waals surface area (Å²) < 4.78 is 6.24. The average Bonchev–Trinajstić information content (AvgIpc) is 2.47. The first-order valence-electron chi connectivity index (χ1n) is 7.02. The number of nitrogens with one attached hydrogen (secondary N) is 2. The summed E-state index contributed by atoms with van der Waals surface area (Å²) in [7, 11) is 1.63. The van der Waals surface area contributed by atoms with E-state index < -0.39 is 0 Å². The van der Waals surface area contributed by atoms with Crippen LogP contribution in [0.25, 0.3) is 0 Å². The molecule has 0 saturated heterocycles. The van der Waals surface area contributed by atoms with Crippen LogP contribution in [-0.2, 0) is 4.79 Å². The Labute approximate surface area is 139 Å². The maximum Gasteiger partial charge on any atom is 0.226 e. The number of benzene rings is 2. The highest BCUT2D eigenvalue weighted by molar-refractivity contribution is 9.10. The summed E-state index contributed by atoms with van der Waals surface area (Å²) >= 11 is 3.38. The SMILES string of the molecule is COc1ccc(C)cc1NCCC(=O)Nc1cccc(Br)c1. The van der Waals surface area contributed by atoms with Gasteiger partial charge >= 0.3 is 0 Å². The van der Waals surface area contributed by atoms with E-state index in [1.807, 2.05) is 49.4 Å². The van der Waals surface area contributed by atoms with Gasteiger partial charge in [-0.05, 0) is 42.8 Å². The average molecular weight is 363 g/mol. The molecular weight excluding hydrogens is 344 g/mol. The normalized spacial score (nSPS) is 10.1. The first-order chi connectivity index (χ1) is 10.6. The lowest BCUT2D eigenvalue weighted by Crippen LogP contribution is -2.16. The molecule has 0 aliphatic rings. The Morgan fingerprint density at radius 2 is 2.05 bits per heavy atom. The van der Waals surface area contributed by atoms with Gasteiger partial charge in [-0.2, -0.15) is 0 Å². The van der Waals surface area contributed by atoms with Crippen LogP contribution in [0.1, 0.15) is 12.0 Å². The van der Waals surface area contributed by atoms with Gasteiger partial charge in [-0.3, -0.25) is 4.79 Å². The number of methoxy groups -OCH3 is 1. The van der Waals surface area contributed by atoms with Crippen molar-refractivity contribution in [3.8, 4) is 5.75 Å². The lowest BCUT2D eigenvalue weighted by atomic mass is 10.2. The molecule has 1 amide bonds. The van der Waals surface area contributed by atoms with Crippen molar-refractivity contribution in [1.29, 1.82) is 0 Å². The van der Waals surface area contributed by atoms with Gasteiger partial charge in [-0.1, -0.05) is 28.1 Å². The minimum Gasteiger partial charge on any atom is -0.495 e. The molecule has 0 fully saturated rings. The first-order valence-corrected chi connectivity index (χ1v) is 7.81. The van der Waals surface area contributed by atoms with Gasteiger partial charge in [0, 0.05) is 23.1 Å². The van der Waals surface area contributed by atoms with E-state index >= 15 is 0 Å². The van der Waals surface area contributed by atoms with Crippen LogP contribution in [0.5, 0.6) is 5.75 Å². The number of anilines is 2. The second-order valence-corrected chi connectivity index (χ2v) is 5.85. The van der Waals surface area contributed by atoms with E-state index in [0.717, 1.165) is 27.2 Å². The second kappa shape index (κ2) is 7.84. The molecule has 0 unspecified atom stereocenters. The third-order valence-electron chi connectivity index (χ3n) is 3.13. The summed E-state index contributed by atoms with van der Waals surface area (Å²) in [6.45, 7) is 2.56. The molecule has 0 atom stereocenters. The quantitative estimate of drug-likeness (QED) is 0.809. The first kappa shape index (κ1) is 16.4. The Morgan fingerprint density at radius 1 is 1.23 bits per heavy atom. The predicted octanol–water partition coefficient (Wildman–Crippen LogP) is 4.21. The molecular formula is C17H19BrN2O2. The summed E-state index contributed by atoms with van der Waals surface area (Å²) in [5, 5.41) is 6.11. The van der Waals surface area contributed by atoms with E-state index in [4.69, 9.17) is 4.74 Å². The molecule has 0 bridgehead atoms. The summed E-state index contributed by atoms with van der Waals surface area (Å²) in [6, 6.07) is 13.4. The Balaban J connectivity index is 1.86.